The zero-order chi connectivity index (χ0) is 31.8. The predicted molar refractivity (Wildman–Crippen MR) is 161 cm³/mol. The molecule has 0 fully saturated rings. The molecule has 5 aromatic rings. The Balaban J connectivity index is 1.54. The van der Waals surface area contributed by atoms with E-state index in [0.29, 0.717) is 22.4 Å². The first kappa shape index (κ1) is 31.0. The summed E-state index contributed by atoms with van der Waals surface area (Å²) < 4.78 is 69.5. The molecule has 2 aromatic carbocycles. The van der Waals surface area contributed by atoms with E-state index in [2.05, 4.69) is 15.1 Å². The lowest BCUT2D eigenvalue weighted by Crippen LogP contribution is -2.41. The Kier molecular flexibility index (Phi) is 8.42. The van der Waals surface area contributed by atoms with E-state index in [4.69, 9.17) is 21.1 Å². The third-order valence-electron chi connectivity index (χ3n) is 5.93. The fraction of sp³-hybridized carbons (Fsp3) is 0.172. The van der Waals surface area contributed by atoms with Crippen molar-refractivity contribution in [3.8, 4) is 33.9 Å². The molecule has 44 heavy (non-hydrogen) atoms. The number of pyridine rings is 1. The number of carbonyl (C=O) groups is 1. The molecular formula is C29H24ClF2N5O5S2. The van der Waals surface area contributed by atoms with Crippen LogP contribution in [0.5, 0.6) is 11.5 Å². The Bertz CT molecular complexity index is 1940. The Hall–Kier alpha value is -4.40. The van der Waals surface area contributed by atoms with E-state index in [9.17, 15) is 17.6 Å². The Morgan fingerprint density at radius 1 is 1.02 bits per heavy atom. The monoisotopic (exact) mass is 659 g/mol. The average Bonchev–Trinajstić information content (AvgIpc) is 3.62. The highest BCUT2D eigenvalue weighted by Gasteiger charge is 2.38. The number of amides is 1. The third-order valence-corrected chi connectivity index (χ3v) is 8.49. The number of aryl methyl sites for hydroxylation is 1. The Morgan fingerprint density at radius 2 is 1.75 bits per heavy atom. The highest BCUT2D eigenvalue weighted by molar-refractivity contribution is 7.93. The van der Waals surface area contributed by atoms with Gasteiger partial charge in [0.25, 0.3) is 10.0 Å². The van der Waals surface area contributed by atoms with E-state index in [0.717, 1.165) is 23.5 Å². The van der Waals surface area contributed by atoms with E-state index in [-0.39, 0.29) is 26.6 Å². The summed E-state index contributed by atoms with van der Waals surface area (Å²) in [6.45, 7) is 4.67. The summed E-state index contributed by atoms with van der Waals surface area (Å²) in [6.07, 6.45) is 3.41. The Labute approximate surface area is 260 Å². The van der Waals surface area contributed by atoms with Gasteiger partial charge < -0.3 is 9.47 Å². The number of aromatic nitrogens is 4. The van der Waals surface area contributed by atoms with Gasteiger partial charge in [-0.15, -0.1) is 15.6 Å². The largest absolute Gasteiger partial charge is 0.453 e. The molecule has 15 heteroatoms. The average molecular weight is 660 g/mol. The second-order valence-corrected chi connectivity index (χ2v) is 13.3. The van der Waals surface area contributed by atoms with Gasteiger partial charge in [-0.25, -0.2) is 27.0 Å². The van der Waals surface area contributed by atoms with E-state index >= 15 is 4.39 Å². The van der Waals surface area contributed by atoms with Crippen molar-refractivity contribution in [2.24, 2.45) is 7.05 Å². The number of sulfonamides is 1. The minimum Gasteiger partial charge on any atom is -0.453 e. The van der Waals surface area contributed by atoms with Gasteiger partial charge in [0.2, 0.25) is 0 Å². The normalized spacial score (nSPS) is 11.8. The van der Waals surface area contributed by atoms with Crippen LogP contribution in [-0.4, -0.2) is 39.9 Å². The van der Waals surface area contributed by atoms with Crippen molar-refractivity contribution >= 4 is 44.9 Å². The van der Waals surface area contributed by atoms with Crippen molar-refractivity contribution < 1.29 is 31.5 Å². The van der Waals surface area contributed by atoms with Crippen molar-refractivity contribution in [1.82, 2.24) is 19.7 Å². The van der Waals surface area contributed by atoms with Gasteiger partial charge in [-0.3, -0.25) is 9.67 Å². The summed E-state index contributed by atoms with van der Waals surface area (Å²) in [4.78, 5) is 20.4. The number of carbonyl (C=O) groups excluding carboxylic acids is 1. The quantitative estimate of drug-likeness (QED) is 0.177. The van der Waals surface area contributed by atoms with Crippen molar-refractivity contribution in [3.63, 3.8) is 0 Å². The van der Waals surface area contributed by atoms with Gasteiger partial charge in [0.1, 0.15) is 27.9 Å². The molecule has 0 saturated carbocycles. The second kappa shape index (κ2) is 11.9. The van der Waals surface area contributed by atoms with Crippen LogP contribution < -0.4 is 9.04 Å². The second-order valence-electron chi connectivity index (χ2n) is 10.4. The van der Waals surface area contributed by atoms with Gasteiger partial charge in [0, 0.05) is 41.4 Å². The minimum atomic E-state index is -4.89. The molecule has 0 bridgehead atoms. The van der Waals surface area contributed by atoms with Crippen LogP contribution in [0.15, 0.2) is 76.8 Å². The van der Waals surface area contributed by atoms with Crippen molar-refractivity contribution in [3.05, 3.63) is 88.6 Å². The molecule has 1 amide bonds. The lowest BCUT2D eigenvalue weighted by atomic mass is 10.1. The molecule has 0 N–H and O–H groups in total. The van der Waals surface area contributed by atoms with Gasteiger partial charge in [-0.05, 0) is 57.2 Å². The number of benzene rings is 2. The fourth-order valence-electron chi connectivity index (χ4n) is 4.02. The highest BCUT2D eigenvalue weighted by Crippen LogP contribution is 2.40. The summed E-state index contributed by atoms with van der Waals surface area (Å²) in [7, 11) is -3.16. The van der Waals surface area contributed by atoms with E-state index in [1.165, 1.54) is 29.2 Å². The topological polar surface area (TPSA) is 117 Å². The zero-order valence-corrected chi connectivity index (χ0v) is 26.0. The third kappa shape index (κ3) is 6.56. The Morgan fingerprint density at radius 3 is 2.36 bits per heavy atom. The molecule has 0 saturated heterocycles. The molecule has 10 nitrogen and oxygen atoms in total. The van der Waals surface area contributed by atoms with Crippen LogP contribution in [0.1, 0.15) is 20.8 Å². The SMILES string of the molecule is Cn1cc(-c2cc(-c3ccc(F)cc3)ncc2Oc2cc(F)c(S(=O)(=O)N(C(=O)OC(C)(C)C)c3cscn3)cc2Cl)cn1. The molecule has 5 rings (SSSR count). The van der Waals surface area contributed by atoms with Crippen LogP contribution in [-0.2, 0) is 21.8 Å². The number of thiazole rings is 1. The van der Waals surface area contributed by atoms with Crippen LogP contribution in [0.3, 0.4) is 0 Å². The molecule has 0 aliphatic carbocycles. The highest BCUT2D eigenvalue weighted by atomic mass is 35.5. The maximum absolute atomic E-state index is 15.6. The number of hydrogen-bond donors (Lipinski definition) is 0. The molecule has 0 spiro atoms. The number of nitrogens with zero attached hydrogens (tertiary/aromatic N) is 5. The number of ether oxygens (including phenoxy) is 2. The standard InChI is InChI=1S/C29H24ClF2N5O5S2/c1-29(2,3)42-28(38)37(27-15-43-16-34-27)44(39,40)26-10-21(30)24(11-22(26)32)41-25-13-33-23(17-5-7-19(31)8-6-17)9-20(25)18-12-35-36(4)14-18/h5-16H,1-4H3. The molecule has 3 aromatic heterocycles. The predicted octanol–water partition coefficient (Wildman–Crippen LogP) is 7.46. The van der Waals surface area contributed by atoms with Crippen LogP contribution in [0.25, 0.3) is 22.4 Å². The van der Waals surface area contributed by atoms with Crippen LogP contribution >= 0.6 is 22.9 Å². The van der Waals surface area contributed by atoms with Crippen LogP contribution in [0.2, 0.25) is 5.02 Å². The summed E-state index contributed by atoms with van der Waals surface area (Å²) in [5.74, 6) is -1.98. The van der Waals surface area contributed by atoms with Gasteiger partial charge in [0.05, 0.1) is 28.6 Å². The maximum atomic E-state index is 15.6. The summed E-state index contributed by atoms with van der Waals surface area (Å²) in [6, 6.07) is 9.09. The van der Waals surface area contributed by atoms with E-state index in [1.807, 2.05) is 0 Å². The summed E-state index contributed by atoms with van der Waals surface area (Å²) in [5, 5.41) is 5.23. The molecule has 0 radical (unpaired) electrons. The van der Waals surface area contributed by atoms with E-state index in [1.54, 1.807) is 63.1 Å². The number of anilines is 1. The van der Waals surface area contributed by atoms with Gasteiger partial charge >= 0.3 is 6.09 Å². The first-order valence-electron chi connectivity index (χ1n) is 12.8. The van der Waals surface area contributed by atoms with Crippen molar-refractivity contribution in [2.45, 2.75) is 31.3 Å². The van der Waals surface area contributed by atoms with Crippen molar-refractivity contribution in [1.29, 1.82) is 0 Å². The summed E-state index contributed by atoms with van der Waals surface area (Å²) in [5.41, 5.74) is 2.52. The summed E-state index contributed by atoms with van der Waals surface area (Å²) >= 11 is 7.47. The number of rotatable bonds is 7. The number of halogens is 3. The molecule has 228 valence electrons. The van der Waals surface area contributed by atoms with Crippen molar-refractivity contribution in [2.75, 3.05) is 4.31 Å². The van der Waals surface area contributed by atoms with Crippen LogP contribution in [0, 0.1) is 11.6 Å². The van der Waals surface area contributed by atoms with Gasteiger partial charge in [-0.2, -0.15) is 5.10 Å². The molecule has 0 atom stereocenters. The molecule has 0 unspecified atom stereocenters. The molecule has 0 aliphatic rings. The van der Waals surface area contributed by atoms with Crippen LogP contribution in [0.4, 0.5) is 19.4 Å². The molecular weight excluding hydrogens is 636 g/mol. The number of hydrogen-bond acceptors (Lipinski definition) is 9. The van der Waals surface area contributed by atoms with Gasteiger partial charge in [0.15, 0.2) is 11.6 Å². The van der Waals surface area contributed by atoms with Gasteiger partial charge in [-0.1, -0.05) is 11.6 Å². The molecule has 3 heterocycles. The maximum Gasteiger partial charge on any atom is 0.430 e. The lowest BCUT2D eigenvalue weighted by molar-refractivity contribution is 0.0608. The first-order valence-corrected chi connectivity index (χ1v) is 15.6. The lowest BCUT2D eigenvalue weighted by Gasteiger charge is -2.26. The molecule has 0 aliphatic heterocycles. The fourth-order valence-corrected chi connectivity index (χ4v) is 6.22. The smallest absolute Gasteiger partial charge is 0.430 e. The minimum absolute atomic E-state index is 0.152. The van der Waals surface area contributed by atoms with E-state index < -0.39 is 38.2 Å². The zero-order valence-electron chi connectivity index (χ0n) is 23.7. The first-order chi connectivity index (χ1) is 20.7.